The van der Waals surface area contributed by atoms with Crippen molar-refractivity contribution in [3.05, 3.63) is 30.3 Å². The Kier molecular flexibility index (Phi) is 3.63. The van der Waals surface area contributed by atoms with Crippen LogP contribution in [0.15, 0.2) is 30.3 Å². The molecule has 1 nitrogen and oxygen atoms in total. The number of nitrogens with zero attached hydrogens (tertiary/aromatic N) is 1. The molecule has 0 aliphatic heterocycles. The molecule has 1 aromatic rings. The van der Waals surface area contributed by atoms with Crippen molar-refractivity contribution >= 4 is 14.1 Å². The summed E-state index contributed by atoms with van der Waals surface area (Å²) in [6.45, 7) is 0. The monoisotopic (exact) mass is 132 g/mol. The van der Waals surface area contributed by atoms with E-state index in [2.05, 4.69) is 17.0 Å². The SMILES string of the molecule is CN(C)c1ccccc1.[B]. The average molecular weight is 132 g/mol. The number of benzene rings is 1. The molecule has 0 aliphatic carbocycles. The van der Waals surface area contributed by atoms with Crippen LogP contribution in [0.3, 0.4) is 0 Å². The van der Waals surface area contributed by atoms with Crippen LogP contribution in [-0.2, 0) is 0 Å². The third-order valence-corrected chi connectivity index (χ3v) is 1.27. The fourth-order valence-electron chi connectivity index (χ4n) is 0.726. The lowest BCUT2D eigenvalue weighted by molar-refractivity contribution is 1.13. The standard InChI is InChI=1S/C8H11N.B/c1-9(2)8-6-4-3-5-7-8;/h3-7H,1-2H3;. The predicted octanol–water partition coefficient (Wildman–Crippen LogP) is 1.37. The molecule has 0 aliphatic rings. The Morgan fingerprint density at radius 1 is 1.00 bits per heavy atom. The molecule has 0 amide bonds. The van der Waals surface area contributed by atoms with Crippen molar-refractivity contribution < 1.29 is 0 Å². The third kappa shape index (κ3) is 2.13. The van der Waals surface area contributed by atoms with Crippen molar-refractivity contribution in [2.75, 3.05) is 19.0 Å². The summed E-state index contributed by atoms with van der Waals surface area (Å²) < 4.78 is 0. The molecule has 0 N–H and O–H groups in total. The molecule has 3 radical (unpaired) electrons. The van der Waals surface area contributed by atoms with Crippen LogP contribution >= 0.6 is 0 Å². The predicted molar refractivity (Wildman–Crippen MR) is 46.5 cm³/mol. The van der Waals surface area contributed by atoms with Gasteiger partial charge in [-0.15, -0.1) is 0 Å². The van der Waals surface area contributed by atoms with Crippen LogP contribution < -0.4 is 4.90 Å². The highest BCUT2D eigenvalue weighted by Gasteiger charge is 1.87. The van der Waals surface area contributed by atoms with Gasteiger partial charge in [-0.1, -0.05) is 18.2 Å². The molecule has 2 heteroatoms. The van der Waals surface area contributed by atoms with Crippen LogP contribution in [-0.4, -0.2) is 22.5 Å². The van der Waals surface area contributed by atoms with Gasteiger partial charge in [-0.3, -0.25) is 0 Å². The van der Waals surface area contributed by atoms with Crippen molar-refractivity contribution in [1.29, 1.82) is 0 Å². The molecule has 0 saturated carbocycles. The highest BCUT2D eigenvalue weighted by Crippen LogP contribution is 2.07. The van der Waals surface area contributed by atoms with Gasteiger partial charge in [-0.2, -0.15) is 0 Å². The van der Waals surface area contributed by atoms with E-state index in [0.717, 1.165) is 0 Å². The Balaban J connectivity index is 0.000000810. The number of anilines is 1. The molecular formula is C8H11BN. The highest BCUT2D eigenvalue weighted by atomic mass is 15.1. The van der Waals surface area contributed by atoms with Gasteiger partial charge in [-0.25, -0.2) is 0 Å². The van der Waals surface area contributed by atoms with E-state index >= 15 is 0 Å². The van der Waals surface area contributed by atoms with Crippen LogP contribution in [0.1, 0.15) is 0 Å². The molecule has 0 aromatic heterocycles. The molecule has 0 fully saturated rings. The summed E-state index contributed by atoms with van der Waals surface area (Å²) in [5.41, 5.74) is 1.25. The zero-order chi connectivity index (χ0) is 6.69. The molecule has 10 heavy (non-hydrogen) atoms. The summed E-state index contributed by atoms with van der Waals surface area (Å²) in [6, 6.07) is 10.3. The van der Waals surface area contributed by atoms with Crippen molar-refractivity contribution in [1.82, 2.24) is 0 Å². The van der Waals surface area contributed by atoms with E-state index in [1.807, 2.05) is 32.3 Å². The lowest BCUT2D eigenvalue weighted by Crippen LogP contribution is -2.07. The van der Waals surface area contributed by atoms with E-state index in [4.69, 9.17) is 0 Å². The summed E-state index contributed by atoms with van der Waals surface area (Å²) in [5, 5.41) is 0. The number of hydrogen-bond donors (Lipinski definition) is 0. The van der Waals surface area contributed by atoms with Gasteiger partial charge >= 0.3 is 0 Å². The van der Waals surface area contributed by atoms with E-state index in [1.54, 1.807) is 0 Å². The normalized spacial score (nSPS) is 8.20. The molecule has 0 spiro atoms. The van der Waals surface area contributed by atoms with E-state index in [-0.39, 0.29) is 8.41 Å². The smallest absolute Gasteiger partial charge is 0.0360 e. The van der Waals surface area contributed by atoms with Crippen LogP contribution in [0.25, 0.3) is 0 Å². The molecule has 0 unspecified atom stereocenters. The second kappa shape index (κ2) is 3.99. The van der Waals surface area contributed by atoms with Gasteiger partial charge in [0, 0.05) is 28.2 Å². The molecule has 0 saturated heterocycles. The molecule has 0 bridgehead atoms. The van der Waals surface area contributed by atoms with Crippen molar-refractivity contribution in [3.8, 4) is 0 Å². The van der Waals surface area contributed by atoms with Gasteiger partial charge in [0.05, 0.1) is 0 Å². The second-order valence-corrected chi connectivity index (χ2v) is 2.23. The van der Waals surface area contributed by atoms with Gasteiger partial charge in [-0.05, 0) is 12.1 Å². The molecule has 51 valence electrons. The van der Waals surface area contributed by atoms with E-state index in [9.17, 15) is 0 Å². The van der Waals surface area contributed by atoms with Crippen molar-refractivity contribution in [2.45, 2.75) is 0 Å². The van der Waals surface area contributed by atoms with Crippen molar-refractivity contribution in [3.63, 3.8) is 0 Å². The summed E-state index contributed by atoms with van der Waals surface area (Å²) in [4.78, 5) is 2.08. The van der Waals surface area contributed by atoms with Crippen LogP contribution in [0.5, 0.6) is 0 Å². The first-order valence-corrected chi connectivity index (χ1v) is 3.03. The Labute approximate surface area is 64.2 Å². The molecule has 1 rings (SSSR count). The topological polar surface area (TPSA) is 3.24 Å². The first kappa shape index (κ1) is 9.08. The highest BCUT2D eigenvalue weighted by molar-refractivity contribution is 5.75. The van der Waals surface area contributed by atoms with Gasteiger partial charge in [0.15, 0.2) is 0 Å². The minimum absolute atomic E-state index is 0. The van der Waals surface area contributed by atoms with Gasteiger partial charge in [0.2, 0.25) is 0 Å². The van der Waals surface area contributed by atoms with Crippen LogP contribution in [0, 0.1) is 0 Å². The Morgan fingerprint density at radius 3 is 1.80 bits per heavy atom. The van der Waals surface area contributed by atoms with E-state index < -0.39 is 0 Å². The third-order valence-electron chi connectivity index (χ3n) is 1.27. The maximum atomic E-state index is 2.08. The van der Waals surface area contributed by atoms with E-state index in [1.165, 1.54) is 5.69 Å². The summed E-state index contributed by atoms with van der Waals surface area (Å²) in [5.74, 6) is 0. The maximum Gasteiger partial charge on any atom is 0.0360 e. The molecule has 0 atom stereocenters. The Morgan fingerprint density at radius 2 is 1.50 bits per heavy atom. The first-order valence-electron chi connectivity index (χ1n) is 3.03. The zero-order valence-electron chi connectivity index (χ0n) is 6.41. The van der Waals surface area contributed by atoms with Gasteiger partial charge in [0.25, 0.3) is 0 Å². The van der Waals surface area contributed by atoms with Gasteiger partial charge < -0.3 is 4.90 Å². The molecule has 0 heterocycles. The fourth-order valence-corrected chi connectivity index (χ4v) is 0.726. The number of rotatable bonds is 1. The second-order valence-electron chi connectivity index (χ2n) is 2.23. The quantitative estimate of drug-likeness (QED) is 0.521. The lowest BCUT2D eigenvalue weighted by Gasteiger charge is -2.10. The number of hydrogen-bond acceptors (Lipinski definition) is 1. The largest absolute Gasteiger partial charge is 0.378 e. The first-order chi connectivity index (χ1) is 4.30. The van der Waals surface area contributed by atoms with Crippen LogP contribution in [0.2, 0.25) is 0 Å². The maximum absolute atomic E-state index is 2.08. The molecule has 1 aromatic carbocycles. The minimum atomic E-state index is 0. The Hall–Kier alpha value is -0.915. The van der Waals surface area contributed by atoms with Crippen LogP contribution in [0.4, 0.5) is 5.69 Å². The Bertz CT molecular complexity index is 172. The fraction of sp³-hybridized carbons (Fsp3) is 0.250. The number of para-hydroxylation sites is 1. The molecular weight excluding hydrogens is 121 g/mol. The summed E-state index contributed by atoms with van der Waals surface area (Å²) in [7, 11) is 4.07. The average Bonchev–Trinajstić information content (AvgIpc) is 1.90. The summed E-state index contributed by atoms with van der Waals surface area (Å²) >= 11 is 0. The van der Waals surface area contributed by atoms with Gasteiger partial charge in [0.1, 0.15) is 0 Å². The lowest BCUT2D eigenvalue weighted by atomic mass is 10.3. The van der Waals surface area contributed by atoms with E-state index in [0.29, 0.717) is 0 Å². The minimum Gasteiger partial charge on any atom is -0.378 e. The zero-order valence-corrected chi connectivity index (χ0v) is 6.41. The van der Waals surface area contributed by atoms with Crippen molar-refractivity contribution in [2.24, 2.45) is 0 Å². The summed E-state index contributed by atoms with van der Waals surface area (Å²) in [6.07, 6.45) is 0.